The van der Waals surface area contributed by atoms with Gasteiger partial charge in [-0.05, 0) is 190 Å². The SMILES string of the molecule is COc1cc(O)c(Cl)cc1C(=O)c1cc(Cl)c(Cl)n1C1=C(C(=O)c2cc(Cl)c(O)cc2C)CC(Cl)=C1Cl.COc1cc(O)ccc1C(=O)c1cccn1C1=C(C(=O)c2ccc(O)cc2C)CC=C1.COc1cc(O)ccc1C(=O)c1cccn1C1=C(C(=O)c2ccc(O)cc2C)CC=C1.O=C(C1=C(n2c(C(=O)c3cc(Cl)c(O)cc3O)cc(Cl)c2Cl)C(Cl)=C(Cl)C1)c1cc(Cl)c(O)cc1O. The van der Waals surface area contributed by atoms with Crippen molar-refractivity contribution in [1.29, 1.82) is 0 Å². The van der Waals surface area contributed by atoms with Gasteiger partial charge < -0.3 is 74.4 Å². The number of Topliss-reactive ketones (excluding diaryl/α,β-unsaturated/α-hetero) is 4. The zero-order chi connectivity index (χ0) is 98.2. The lowest BCUT2D eigenvalue weighted by molar-refractivity contribution is 0.101. The van der Waals surface area contributed by atoms with Crippen molar-refractivity contribution in [2.45, 2.75) is 46.5 Å². The fraction of sp³-hybridized carbons (Fsp3) is 0.102. The van der Waals surface area contributed by atoms with E-state index in [9.17, 15) is 89.4 Å². The number of allylic oxidation sites excluding steroid dienone is 16. The molecule has 10 N–H and O–H groups in total. The van der Waals surface area contributed by atoms with E-state index in [2.05, 4.69) is 0 Å². The molecule has 0 saturated heterocycles. The summed E-state index contributed by atoms with van der Waals surface area (Å²) in [4.78, 5) is 107. The van der Waals surface area contributed by atoms with E-state index in [0.29, 0.717) is 85.7 Å². The van der Waals surface area contributed by atoms with Crippen LogP contribution in [0, 0.1) is 20.8 Å². The summed E-state index contributed by atoms with van der Waals surface area (Å²) < 4.78 is 21.5. The summed E-state index contributed by atoms with van der Waals surface area (Å²) in [6.07, 6.45) is 11.5. The lowest BCUT2D eigenvalue weighted by Gasteiger charge is -2.16. The quantitative estimate of drug-likeness (QED) is 0.0266. The van der Waals surface area contributed by atoms with Crippen molar-refractivity contribution in [2.75, 3.05) is 21.3 Å². The minimum absolute atomic E-state index is 0.00219. The number of aryl methyl sites for hydroxylation is 3. The number of methoxy groups -OCH3 is 3. The second-order valence-corrected chi connectivity index (χ2v) is 34.9. The van der Waals surface area contributed by atoms with Gasteiger partial charge in [0.05, 0.1) is 135 Å². The van der Waals surface area contributed by atoms with Crippen LogP contribution >= 0.6 is 139 Å². The number of hydrogen-bond acceptors (Lipinski definition) is 21. The number of carbonyl (C=O) groups is 8. The van der Waals surface area contributed by atoms with Crippen LogP contribution in [0.1, 0.15) is 148 Å². The number of ether oxygens (including phenoxy) is 3. The number of nitrogens with zero attached hydrogens (tertiary/aromatic N) is 4. The topological polar surface area (TPSA) is 386 Å². The molecule has 0 aliphatic heterocycles. The number of hydrogen-bond donors (Lipinski definition) is 10. The van der Waals surface area contributed by atoms with Gasteiger partial charge in [-0.2, -0.15) is 0 Å². The van der Waals surface area contributed by atoms with Gasteiger partial charge in [0.15, 0.2) is 23.1 Å². The van der Waals surface area contributed by atoms with E-state index in [0.717, 1.165) is 28.8 Å². The van der Waals surface area contributed by atoms with Crippen LogP contribution in [-0.4, -0.2) is 137 Å². The van der Waals surface area contributed by atoms with Crippen molar-refractivity contribution < 1.29 is 104 Å². The summed E-state index contributed by atoms with van der Waals surface area (Å²) >= 11 is 75.0. The maximum absolute atomic E-state index is 13.7. The first kappa shape index (κ1) is 99.5. The van der Waals surface area contributed by atoms with E-state index in [1.807, 2.05) is 24.3 Å². The Morgan fingerprint density at radius 2 is 0.607 bits per heavy atom. The van der Waals surface area contributed by atoms with Crippen LogP contribution in [0.4, 0.5) is 0 Å². The van der Waals surface area contributed by atoms with E-state index < -0.39 is 46.1 Å². The molecule has 4 heterocycles. The number of phenols is 10. The zero-order valence-corrected chi connectivity index (χ0v) is 79.7. The number of phenolic OH excluding ortho intramolecular Hbond substituents is 10. The summed E-state index contributed by atoms with van der Waals surface area (Å²) in [5.41, 5.74) is 5.93. The van der Waals surface area contributed by atoms with Crippen molar-refractivity contribution in [3.8, 4) is 74.7 Å². The lowest BCUT2D eigenvalue weighted by atomic mass is 9.97. The van der Waals surface area contributed by atoms with Crippen LogP contribution in [-0.2, 0) is 0 Å². The Morgan fingerprint density at radius 3 is 1.00 bits per heavy atom. The van der Waals surface area contributed by atoms with Crippen LogP contribution in [0.5, 0.6) is 74.7 Å². The van der Waals surface area contributed by atoms with Gasteiger partial charge in [0.1, 0.15) is 85.0 Å². The summed E-state index contributed by atoms with van der Waals surface area (Å²) in [7, 11) is 4.19. The molecule has 0 amide bonds. The van der Waals surface area contributed by atoms with Crippen molar-refractivity contribution in [3.63, 3.8) is 0 Å². The molecule has 0 saturated carbocycles. The number of halogens is 12. The molecular formula is C98H68Cl12N4O21. The van der Waals surface area contributed by atoms with Gasteiger partial charge in [0.25, 0.3) is 0 Å². The average molecular weight is 2060 g/mol. The maximum Gasteiger partial charge on any atom is 0.213 e. The number of aromatic hydroxyl groups is 10. The van der Waals surface area contributed by atoms with E-state index in [4.69, 9.17) is 153 Å². The number of aromatic nitrogens is 4. The van der Waals surface area contributed by atoms with E-state index in [-0.39, 0.29) is 204 Å². The third-order valence-corrected chi connectivity index (χ3v) is 26.0. The van der Waals surface area contributed by atoms with E-state index >= 15 is 0 Å². The molecule has 4 aromatic heterocycles. The Kier molecular flexibility index (Phi) is 30.3. The first-order valence-corrected chi connectivity index (χ1v) is 44.1. The maximum atomic E-state index is 13.7. The molecule has 0 unspecified atom stereocenters. The minimum Gasteiger partial charge on any atom is -0.508 e. The fourth-order valence-corrected chi connectivity index (χ4v) is 17.6. The highest BCUT2D eigenvalue weighted by atomic mass is 35.5. The summed E-state index contributed by atoms with van der Waals surface area (Å²) in [6.45, 7) is 5.18. The minimum atomic E-state index is -0.828. The highest BCUT2D eigenvalue weighted by molar-refractivity contribution is 6.49. The predicted molar refractivity (Wildman–Crippen MR) is 518 cm³/mol. The van der Waals surface area contributed by atoms with Crippen molar-refractivity contribution in [1.82, 2.24) is 18.3 Å². The summed E-state index contributed by atoms with van der Waals surface area (Å²) in [6, 6.07) is 36.3. The molecule has 25 nitrogen and oxygen atoms in total. The number of carbonyl (C=O) groups excluding carboxylic acids is 8. The van der Waals surface area contributed by atoms with Gasteiger partial charge in [0.2, 0.25) is 23.1 Å². The molecule has 690 valence electrons. The Morgan fingerprint density at radius 1 is 0.296 bits per heavy atom. The van der Waals surface area contributed by atoms with Gasteiger partial charge in [0, 0.05) is 105 Å². The first-order chi connectivity index (χ1) is 64.0. The third kappa shape index (κ3) is 20.0. The van der Waals surface area contributed by atoms with Gasteiger partial charge in [-0.3, -0.25) is 47.5 Å². The van der Waals surface area contributed by atoms with Gasteiger partial charge in [-0.15, -0.1) is 0 Å². The Labute approximate surface area is 827 Å². The van der Waals surface area contributed by atoms with Crippen LogP contribution in [0.15, 0.2) is 237 Å². The molecule has 0 fully saturated rings. The summed E-state index contributed by atoms with van der Waals surface area (Å²) in [5, 5.41) is 97.5. The predicted octanol–water partition coefficient (Wildman–Crippen LogP) is 24.6. The van der Waals surface area contributed by atoms with Crippen LogP contribution in [0.25, 0.3) is 22.8 Å². The Hall–Kier alpha value is -13.0. The molecule has 0 bridgehead atoms. The zero-order valence-electron chi connectivity index (χ0n) is 70.6. The second kappa shape index (κ2) is 41.1. The van der Waals surface area contributed by atoms with Gasteiger partial charge in [-0.25, -0.2) is 0 Å². The molecule has 8 aromatic carbocycles. The van der Waals surface area contributed by atoms with Crippen molar-refractivity contribution in [3.05, 3.63) is 361 Å². The highest BCUT2D eigenvalue weighted by Crippen LogP contribution is 2.50. The molecule has 4 aliphatic rings. The average Bonchev–Trinajstić information content (AvgIpc) is 1.54. The van der Waals surface area contributed by atoms with Crippen LogP contribution < -0.4 is 14.2 Å². The largest absolute Gasteiger partial charge is 0.508 e. The lowest BCUT2D eigenvalue weighted by Crippen LogP contribution is -2.14. The van der Waals surface area contributed by atoms with E-state index in [1.165, 1.54) is 111 Å². The van der Waals surface area contributed by atoms with Crippen LogP contribution in [0.3, 0.4) is 0 Å². The fourth-order valence-electron chi connectivity index (χ4n) is 15.1. The molecule has 0 radical (unpaired) electrons. The van der Waals surface area contributed by atoms with Crippen molar-refractivity contribution in [2.24, 2.45) is 0 Å². The molecule has 0 spiro atoms. The number of ketones is 8. The molecule has 12 aromatic rings. The van der Waals surface area contributed by atoms with Gasteiger partial charge >= 0.3 is 0 Å². The molecule has 16 rings (SSSR count). The summed E-state index contributed by atoms with van der Waals surface area (Å²) in [5.74, 6) is -5.31. The molecule has 0 atom stereocenters. The Bertz CT molecular complexity index is 7180. The molecular weight excluding hydrogens is 1990 g/mol. The number of benzene rings is 8. The Balaban J connectivity index is 0.000000153. The van der Waals surface area contributed by atoms with E-state index in [1.54, 1.807) is 90.8 Å². The second-order valence-electron chi connectivity index (χ2n) is 30.1. The van der Waals surface area contributed by atoms with Crippen LogP contribution in [0.2, 0.25) is 40.4 Å². The standard InChI is InChI=1S/C25H15Cl6NO5.2C25H21NO5.C23H11Cl6NO6/c1-9-3-18(33)13(26)4-10(9)23(35)12-6-15(28)21(30)22(12)32-17(7-16(29)25(32)31)24(36)11-5-14(27)19(34)8-20(11)37-2;2*1-15-13-16(27)8-10-18(15)24(29)19-5-3-6-21(19)26-12-4-7-22(26)25(30)20-11-9-17(28)14-23(20)31-2;24-10-1-7(15(31)5-17(10)33)21(35)9-3-12(26)19(28)20(9)30-14(4-13(27)23(30)29)22(36)8-2-11(25)18(34)6-16(8)32/h3-5,7-8,33-34H,6H2,1-2H3;2*3-4,6-14,27-28H,5H2,1-2H3;1-2,4-6,31-34H,3H2. The smallest absolute Gasteiger partial charge is 0.213 e. The van der Waals surface area contributed by atoms with Gasteiger partial charge in [-0.1, -0.05) is 151 Å². The third-order valence-electron chi connectivity index (χ3n) is 21.7. The normalized spacial score (nSPS) is 13.3. The molecule has 4 aliphatic carbocycles. The van der Waals surface area contributed by atoms with Crippen molar-refractivity contribution >= 4 is 208 Å². The molecule has 37 heteroatoms. The number of rotatable bonds is 23. The monoisotopic (exact) mass is 2060 g/mol. The first-order valence-electron chi connectivity index (χ1n) is 39.5. The molecule has 135 heavy (non-hydrogen) atoms. The highest BCUT2D eigenvalue weighted by Gasteiger charge is 2.39.